The number of likely N-dealkylation sites (N-methyl/N-ethyl adjacent to an activating group) is 2. The van der Waals surface area contributed by atoms with Crippen molar-refractivity contribution in [3.8, 4) is 22.5 Å². The fourth-order valence-electron chi connectivity index (χ4n) is 5.68. The van der Waals surface area contributed by atoms with E-state index in [4.69, 9.17) is 15.7 Å². The number of nitrogens with zero attached hydrogens (tertiary/aromatic N) is 7. The van der Waals surface area contributed by atoms with Crippen molar-refractivity contribution < 1.29 is 0 Å². The number of nitrogens with two attached hydrogens (primary N) is 1. The Morgan fingerprint density at radius 3 is 2.70 bits per heavy atom. The molecule has 0 unspecified atom stereocenters. The van der Waals surface area contributed by atoms with Gasteiger partial charge in [-0.05, 0) is 63.2 Å². The Morgan fingerprint density at radius 1 is 1.07 bits per heavy atom. The van der Waals surface area contributed by atoms with Gasteiger partial charge in [-0.25, -0.2) is 9.97 Å². The molecular formula is C31H37N9. The average Bonchev–Trinajstić information content (AvgIpc) is 3.54. The zero-order chi connectivity index (χ0) is 28.0. The van der Waals surface area contributed by atoms with Crippen LogP contribution in [0.1, 0.15) is 17.5 Å². The highest BCUT2D eigenvalue weighted by Crippen LogP contribution is 2.39. The van der Waals surface area contributed by atoms with Gasteiger partial charge in [0.15, 0.2) is 0 Å². The van der Waals surface area contributed by atoms with Crippen molar-refractivity contribution in [2.45, 2.75) is 26.3 Å². The van der Waals surface area contributed by atoms with Crippen molar-refractivity contribution in [1.82, 2.24) is 29.2 Å². The summed E-state index contributed by atoms with van der Waals surface area (Å²) in [7, 11) is 8.18. The van der Waals surface area contributed by atoms with Gasteiger partial charge < -0.3 is 25.4 Å². The largest absolute Gasteiger partial charge is 0.397 e. The third-order valence-corrected chi connectivity index (χ3v) is 7.88. The zero-order valence-corrected chi connectivity index (χ0v) is 23.9. The maximum atomic E-state index is 6.53. The molecular weight excluding hydrogens is 498 g/mol. The van der Waals surface area contributed by atoms with Gasteiger partial charge in [-0.15, -0.1) is 0 Å². The smallest absolute Gasteiger partial charge is 0.227 e. The van der Waals surface area contributed by atoms with Crippen LogP contribution >= 0.6 is 0 Å². The van der Waals surface area contributed by atoms with Crippen LogP contribution in [-0.4, -0.2) is 63.4 Å². The molecule has 5 aromatic rings. The summed E-state index contributed by atoms with van der Waals surface area (Å²) in [6.45, 7) is 4.94. The first kappa shape index (κ1) is 25.9. The molecule has 1 aliphatic heterocycles. The second-order valence-electron chi connectivity index (χ2n) is 11.0. The van der Waals surface area contributed by atoms with Gasteiger partial charge in [-0.2, -0.15) is 5.10 Å². The van der Waals surface area contributed by atoms with Gasteiger partial charge in [-0.3, -0.25) is 4.68 Å². The number of nitrogen functional groups attached to an aromatic ring is 1. The van der Waals surface area contributed by atoms with Crippen molar-refractivity contribution in [3.63, 3.8) is 0 Å². The molecule has 2 aromatic carbocycles. The molecule has 40 heavy (non-hydrogen) atoms. The highest BCUT2D eigenvalue weighted by molar-refractivity contribution is 6.00. The van der Waals surface area contributed by atoms with Crippen molar-refractivity contribution in [1.29, 1.82) is 0 Å². The molecule has 4 heterocycles. The number of aromatic nitrogens is 5. The minimum absolute atomic E-state index is 0.532. The number of benzene rings is 2. The first-order valence-electron chi connectivity index (χ1n) is 13.8. The molecule has 0 amide bonds. The number of rotatable bonds is 8. The Kier molecular flexibility index (Phi) is 6.67. The quantitative estimate of drug-likeness (QED) is 0.268. The lowest BCUT2D eigenvalue weighted by Gasteiger charge is -2.24. The van der Waals surface area contributed by atoms with Crippen LogP contribution in [0.2, 0.25) is 0 Å². The first-order valence-corrected chi connectivity index (χ1v) is 13.8. The van der Waals surface area contributed by atoms with E-state index in [1.807, 2.05) is 36.3 Å². The summed E-state index contributed by atoms with van der Waals surface area (Å²) in [6.07, 6.45) is 8.21. The number of anilines is 4. The first-order chi connectivity index (χ1) is 19.3. The number of hydrogen-bond donors (Lipinski definition) is 2. The van der Waals surface area contributed by atoms with Crippen LogP contribution in [0.5, 0.6) is 0 Å². The fraction of sp³-hybridized carbons (Fsp3) is 0.323. The lowest BCUT2D eigenvalue weighted by molar-refractivity contribution is 0.416. The van der Waals surface area contributed by atoms with Gasteiger partial charge in [0.25, 0.3) is 0 Å². The van der Waals surface area contributed by atoms with Crippen LogP contribution in [0.25, 0.3) is 33.4 Å². The number of aryl methyl sites for hydroxylation is 4. The van der Waals surface area contributed by atoms with E-state index in [9.17, 15) is 0 Å². The summed E-state index contributed by atoms with van der Waals surface area (Å²) in [5.74, 6) is 0.532. The van der Waals surface area contributed by atoms with E-state index in [0.717, 1.165) is 77.6 Å². The Hall–Kier alpha value is -4.37. The van der Waals surface area contributed by atoms with Crippen LogP contribution in [0, 0.1) is 6.92 Å². The molecule has 0 atom stereocenters. The maximum absolute atomic E-state index is 6.53. The van der Waals surface area contributed by atoms with Crippen molar-refractivity contribution in [3.05, 3.63) is 66.1 Å². The van der Waals surface area contributed by atoms with E-state index < -0.39 is 0 Å². The van der Waals surface area contributed by atoms with E-state index in [-0.39, 0.29) is 0 Å². The predicted molar refractivity (Wildman–Crippen MR) is 164 cm³/mol. The number of nitrogens with one attached hydrogen (secondary N) is 1. The molecule has 0 spiro atoms. The second kappa shape index (κ2) is 10.3. The van der Waals surface area contributed by atoms with Crippen LogP contribution in [0.15, 0.2) is 55.0 Å². The van der Waals surface area contributed by atoms with E-state index >= 15 is 0 Å². The van der Waals surface area contributed by atoms with Gasteiger partial charge in [0.05, 0.1) is 28.3 Å². The van der Waals surface area contributed by atoms with E-state index in [2.05, 4.69) is 83.3 Å². The highest BCUT2D eigenvalue weighted by atomic mass is 15.3. The topological polar surface area (TPSA) is 93.1 Å². The molecule has 6 rings (SSSR count). The predicted octanol–water partition coefficient (Wildman–Crippen LogP) is 5.08. The molecule has 0 saturated heterocycles. The van der Waals surface area contributed by atoms with E-state index in [1.54, 1.807) is 0 Å². The summed E-state index contributed by atoms with van der Waals surface area (Å²) in [5, 5.41) is 9.09. The normalized spacial score (nSPS) is 12.8. The summed E-state index contributed by atoms with van der Waals surface area (Å²) in [5.41, 5.74) is 16.9. The summed E-state index contributed by atoms with van der Waals surface area (Å²) in [6, 6.07) is 12.7. The Bertz CT molecular complexity index is 1700. The molecule has 3 N–H and O–H groups in total. The summed E-state index contributed by atoms with van der Waals surface area (Å²) >= 11 is 0. The Balaban J connectivity index is 1.42. The third kappa shape index (κ3) is 4.66. The molecule has 0 saturated carbocycles. The van der Waals surface area contributed by atoms with Gasteiger partial charge in [0.1, 0.15) is 0 Å². The Morgan fingerprint density at radius 2 is 1.93 bits per heavy atom. The summed E-state index contributed by atoms with van der Waals surface area (Å²) < 4.78 is 4.25. The van der Waals surface area contributed by atoms with Crippen LogP contribution < -0.4 is 16.0 Å². The van der Waals surface area contributed by atoms with Crippen molar-refractivity contribution in [2.75, 3.05) is 50.2 Å². The molecule has 0 fully saturated rings. The molecule has 0 aliphatic carbocycles. The molecule has 9 heteroatoms. The maximum Gasteiger partial charge on any atom is 0.227 e. The van der Waals surface area contributed by atoms with Crippen molar-refractivity contribution >= 4 is 33.9 Å². The monoisotopic (exact) mass is 535 g/mol. The van der Waals surface area contributed by atoms with Gasteiger partial charge in [0, 0.05) is 74.5 Å². The zero-order valence-electron chi connectivity index (χ0n) is 23.9. The van der Waals surface area contributed by atoms with Crippen molar-refractivity contribution in [2.24, 2.45) is 7.05 Å². The van der Waals surface area contributed by atoms with Crippen LogP contribution in [0.4, 0.5) is 23.0 Å². The highest BCUT2D eigenvalue weighted by Gasteiger charge is 2.22. The lowest BCUT2D eigenvalue weighted by atomic mass is 10.00. The van der Waals surface area contributed by atoms with Gasteiger partial charge in [-0.1, -0.05) is 18.2 Å². The SMILES string of the molecule is Cc1cc(N(C)CCN(C)C)c(N)cc1Nc1ncc(-c2ccnn2C)c(-c2cn3c4c(cccc24)CCC3)n1. The van der Waals surface area contributed by atoms with Crippen LogP contribution in [0.3, 0.4) is 0 Å². The van der Waals surface area contributed by atoms with E-state index in [0.29, 0.717) is 5.95 Å². The molecule has 1 aliphatic rings. The second-order valence-corrected chi connectivity index (χ2v) is 11.0. The molecule has 3 aromatic heterocycles. The van der Waals surface area contributed by atoms with E-state index in [1.165, 1.54) is 16.5 Å². The molecule has 206 valence electrons. The number of para-hydroxylation sites is 1. The minimum Gasteiger partial charge on any atom is -0.397 e. The Labute approximate surface area is 235 Å². The number of hydrogen-bond acceptors (Lipinski definition) is 7. The lowest BCUT2D eigenvalue weighted by Crippen LogP contribution is -2.29. The third-order valence-electron chi connectivity index (χ3n) is 7.88. The molecule has 0 radical (unpaired) electrons. The molecule has 0 bridgehead atoms. The molecule has 9 nitrogen and oxygen atoms in total. The average molecular weight is 536 g/mol. The van der Waals surface area contributed by atoms with Gasteiger partial charge in [0.2, 0.25) is 5.95 Å². The minimum atomic E-state index is 0.532. The van der Waals surface area contributed by atoms with Gasteiger partial charge >= 0.3 is 0 Å². The fourth-order valence-corrected chi connectivity index (χ4v) is 5.68. The standard InChI is InChI=1S/C31H37N9/c1-20-16-28(38(4)15-14-37(2)3)25(32)17-26(20)35-31-33-18-23(27-11-12-34-39(27)5)29(36-31)24-19-40-13-7-9-21-8-6-10-22(24)30(21)40/h6,8,10-12,16-19H,7,9,13-15,32H2,1-5H3,(H,33,35,36). The summed E-state index contributed by atoms with van der Waals surface area (Å²) in [4.78, 5) is 14.2. The van der Waals surface area contributed by atoms with Crippen LogP contribution in [-0.2, 0) is 20.0 Å².